The zero-order chi connectivity index (χ0) is 23.4. The summed E-state index contributed by atoms with van der Waals surface area (Å²) in [5.41, 5.74) is 6.15. The topological polar surface area (TPSA) is 54.6 Å². The Balaban J connectivity index is 1.62. The van der Waals surface area contributed by atoms with Crippen LogP contribution in [0.5, 0.6) is 5.75 Å². The SMILES string of the molecule is O=c1c(=Cc2cc(Cl)c(O)c(Cl)c2)sc2n1C(c1ccccc1)C1=C(N=2)c2ccccc2CC1. The van der Waals surface area contributed by atoms with Crippen molar-refractivity contribution < 1.29 is 5.11 Å². The number of hydrogen-bond donors (Lipinski definition) is 1. The Morgan fingerprint density at radius 2 is 1.71 bits per heavy atom. The average Bonchev–Trinajstić information content (AvgIpc) is 3.16. The second-order valence-electron chi connectivity index (χ2n) is 8.36. The Bertz CT molecular complexity index is 1650. The van der Waals surface area contributed by atoms with Gasteiger partial charge in [0.2, 0.25) is 0 Å². The molecular formula is C27H18Cl2N2O2S. The van der Waals surface area contributed by atoms with E-state index in [1.807, 2.05) is 28.8 Å². The Labute approximate surface area is 209 Å². The molecule has 1 aliphatic heterocycles. The lowest BCUT2D eigenvalue weighted by atomic mass is 9.83. The van der Waals surface area contributed by atoms with Gasteiger partial charge in [-0.25, -0.2) is 4.99 Å². The molecule has 1 atom stereocenters. The van der Waals surface area contributed by atoms with E-state index in [9.17, 15) is 9.90 Å². The second-order valence-corrected chi connectivity index (χ2v) is 10.2. The number of phenolic OH excluding ortho intramolecular Hbond substituents is 1. The number of phenols is 1. The van der Waals surface area contributed by atoms with Gasteiger partial charge in [0.15, 0.2) is 10.6 Å². The number of nitrogens with zero attached hydrogens (tertiary/aromatic N) is 2. The zero-order valence-electron chi connectivity index (χ0n) is 17.8. The molecule has 2 aliphatic rings. The molecule has 4 aromatic rings. The van der Waals surface area contributed by atoms with Gasteiger partial charge >= 0.3 is 0 Å². The molecule has 1 aliphatic carbocycles. The highest BCUT2D eigenvalue weighted by atomic mass is 35.5. The molecule has 34 heavy (non-hydrogen) atoms. The molecule has 0 saturated carbocycles. The summed E-state index contributed by atoms with van der Waals surface area (Å²) in [4.78, 5) is 19.4. The van der Waals surface area contributed by atoms with Crippen LogP contribution in [0.25, 0.3) is 11.8 Å². The van der Waals surface area contributed by atoms with Gasteiger partial charge in [0.05, 0.1) is 26.3 Å². The molecule has 1 N–H and O–H groups in total. The smallest absolute Gasteiger partial charge is 0.271 e. The highest BCUT2D eigenvalue weighted by Crippen LogP contribution is 2.41. The minimum Gasteiger partial charge on any atom is -0.505 e. The molecule has 0 bridgehead atoms. The molecule has 1 aromatic heterocycles. The van der Waals surface area contributed by atoms with Crippen molar-refractivity contribution in [1.29, 1.82) is 0 Å². The summed E-state index contributed by atoms with van der Waals surface area (Å²) in [5, 5.41) is 10.2. The van der Waals surface area contributed by atoms with Crippen molar-refractivity contribution in [2.24, 2.45) is 4.99 Å². The number of halogens is 2. The van der Waals surface area contributed by atoms with Crippen LogP contribution in [-0.2, 0) is 6.42 Å². The van der Waals surface area contributed by atoms with E-state index in [4.69, 9.17) is 28.2 Å². The second kappa shape index (κ2) is 8.27. The number of thiazole rings is 1. The molecule has 7 heteroatoms. The summed E-state index contributed by atoms with van der Waals surface area (Å²) in [5.74, 6) is -0.169. The first-order valence-electron chi connectivity index (χ1n) is 10.9. The van der Waals surface area contributed by atoms with E-state index in [0.717, 1.165) is 29.7 Å². The number of fused-ring (bicyclic) bond motifs is 3. The number of aryl methyl sites for hydroxylation is 1. The maximum absolute atomic E-state index is 13.7. The van der Waals surface area contributed by atoms with E-state index in [-0.39, 0.29) is 27.4 Å². The molecule has 1 unspecified atom stereocenters. The third-order valence-corrected chi connectivity index (χ3v) is 7.88. The van der Waals surface area contributed by atoms with Crippen LogP contribution in [0.15, 0.2) is 82.1 Å². The summed E-state index contributed by atoms with van der Waals surface area (Å²) < 4.78 is 2.34. The van der Waals surface area contributed by atoms with Crippen LogP contribution >= 0.6 is 34.5 Å². The summed E-state index contributed by atoms with van der Waals surface area (Å²) in [6.45, 7) is 0. The Hall–Kier alpha value is -3.12. The van der Waals surface area contributed by atoms with E-state index < -0.39 is 0 Å². The molecule has 0 amide bonds. The third kappa shape index (κ3) is 3.43. The van der Waals surface area contributed by atoms with E-state index >= 15 is 0 Å². The molecule has 168 valence electrons. The number of benzene rings is 3. The predicted molar refractivity (Wildman–Crippen MR) is 137 cm³/mol. The van der Waals surface area contributed by atoms with E-state index in [0.29, 0.717) is 14.9 Å². The summed E-state index contributed by atoms with van der Waals surface area (Å²) in [6.07, 6.45) is 3.52. The number of rotatable bonds is 2. The van der Waals surface area contributed by atoms with Crippen LogP contribution < -0.4 is 14.9 Å². The summed E-state index contributed by atoms with van der Waals surface area (Å²) in [7, 11) is 0. The normalized spacial score (nSPS) is 17.1. The van der Waals surface area contributed by atoms with Crippen LogP contribution in [0.4, 0.5) is 0 Å². The molecule has 2 heterocycles. The lowest BCUT2D eigenvalue weighted by molar-refractivity contribution is 0.476. The maximum atomic E-state index is 13.7. The summed E-state index contributed by atoms with van der Waals surface area (Å²) >= 11 is 13.5. The van der Waals surface area contributed by atoms with E-state index in [1.165, 1.54) is 22.5 Å². The third-order valence-electron chi connectivity index (χ3n) is 6.33. The number of aromatic hydroxyl groups is 1. The van der Waals surface area contributed by atoms with Crippen LogP contribution in [0.1, 0.15) is 34.7 Å². The van der Waals surface area contributed by atoms with Crippen molar-refractivity contribution in [3.05, 3.63) is 124 Å². The van der Waals surface area contributed by atoms with Crippen molar-refractivity contribution in [1.82, 2.24) is 4.57 Å². The molecule has 0 spiro atoms. The highest BCUT2D eigenvalue weighted by Gasteiger charge is 2.32. The molecule has 0 fully saturated rings. The molecular weight excluding hydrogens is 487 g/mol. The quantitative estimate of drug-likeness (QED) is 0.401. The van der Waals surface area contributed by atoms with Crippen molar-refractivity contribution in [2.45, 2.75) is 18.9 Å². The van der Waals surface area contributed by atoms with Gasteiger partial charge in [0.25, 0.3) is 5.56 Å². The van der Waals surface area contributed by atoms with E-state index in [2.05, 4.69) is 30.3 Å². The fourth-order valence-electron chi connectivity index (χ4n) is 4.78. The Morgan fingerprint density at radius 3 is 2.47 bits per heavy atom. The van der Waals surface area contributed by atoms with Gasteiger partial charge in [-0.3, -0.25) is 9.36 Å². The first-order chi connectivity index (χ1) is 16.5. The molecule has 0 saturated heterocycles. The lowest BCUT2D eigenvalue weighted by Crippen LogP contribution is -2.38. The van der Waals surface area contributed by atoms with E-state index in [1.54, 1.807) is 18.2 Å². The van der Waals surface area contributed by atoms with Gasteiger partial charge < -0.3 is 5.11 Å². The largest absolute Gasteiger partial charge is 0.505 e. The van der Waals surface area contributed by atoms with Gasteiger partial charge in [-0.1, -0.05) is 89.1 Å². The first kappa shape index (κ1) is 21.4. The lowest BCUT2D eigenvalue weighted by Gasteiger charge is -2.30. The van der Waals surface area contributed by atoms with Gasteiger partial charge in [-0.05, 0) is 53.3 Å². The van der Waals surface area contributed by atoms with Crippen molar-refractivity contribution in [3.8, 4) is 5.75 Å². The van der Waals surface area contributed by atoms with Crippen LogP contribution in [0, 0.1) is 0 Å². The molecule has 6 rings (SSSR count). The fourth-order valence-corrected chi connectivity index (χ4v) is 6.28. The van der Waals surface area contributed by atoms with Gasteiger partial charge in [-0.15, -0.1) is 0 Å². The monoisotopic (exact) mass is 504 g/mol. The summed E-state index contributed by atoms with van der Waals surface area (Å²) in [6, 6.07) is 21.5. The zero-order valence-corrected chi connectivity index (χ0v) is 20.2. The highest BCUT2D eigenvalue weighted by molar-refractivity contribution is 7.07. The van der Waals surface area contributed by atoms with Crippen molar-refractivity contribution in [2.75, 3.05) is 0 Å². The van der Waals surface area contributed by atoms with Crippen molar-refractivity contribution in [3.63, 3.8) is 0 Å². The van der Waals surface area contributed by atoms with Gasteiger partial charge in [0.1, 0.15) is 0 Å². The number of aromatic nitrogens is 1. The minimum absolute atomic E-state index is 0.108. The standard InChI is InChI=1S/C27H18Cl2N2O2S/c28-20-12-15(13-21(29)25(20)32)14-22-26(33)31-24(17-7-2-1-3-8-17)19-11-10-16-6-4-5-9-18(16)23(19)30-27(31)34-22/h1-9,12-14,24,32H,10-11H2. The molecule has 3 aromatic carbocycles. The molecule has 0 radical (unpaired) electrons. The van der Waals surface area contributed by atoms with Crippen molar-refractivity contribution >= 4 is 46.3 Å². The van der Waals surface area contributed by atoms with Gasteiger partial charge in [-0.2, -0.15) is 0 Å². The predicted octanol–water partition coefficient (Wildman–Crippen LogP) is 5.33. The minimum atomic E-state index is -0.213. The van der Waals surface area contributed by atoms with Gasteiger partial charge in [0, 0.05) is 5.56 Å². The maximum Gasteiger partial charge on any atom is 0.271 e. The molecule has 4 nitrogen and oxygen atoms in total. The Morgan fingerprint density at radius 1 is 1.00 bits per heavy atom. The number of allylic oxidation sites excluding steroid dienone is 1. The van der Waals surface area contributed by atoms with Crippen LogP contribution in [0.2, 0.25) is 10.0 Å². The Kier molecular flexibility index (Phi) is 5.21. The number of hydrogen-bond acceptors (Lipinski definition) is 4. The first-order valence-corrected chi connectivity index (χ1v) is 12.4. The van der Waals surface area contributed by atoms with Crippen LogP contribution in [-0.4, -0.2) is 9.67 Å². The average molecular weight is 505 g/mol. The fraction of sp³-hybridized carbons (Fsp3) is 0.111. The van der Waals surface area contributed by atoms with Crippen LogP contribution in [0.3, 0.4) is 0 Å².